The Hall–Kier alpha value is -2.15. The van der Waals surface area contributed by atoms with Crippen LogP contribution in [0.2, 0.25) is 0 Å². The SMILES string of the molecule is Cc1cc(C(=O)COC(=O)COc2ccc(F)cc2Br)c(C)n1C. The lowest BCUT2D eigenvalue weighted by Gasteiger charge is -2.08. The monoisotopic (exact) mass is 397 g/mol. The van der Waals surface area contributed by atoms with E-state index in [2.05, 4.69) is 15.9 Å². The van der Waals surface area contributed by atoms with Crippen LogP contribution < -0.4 is 4.74 Å². The fourth-order valence-electron chi connectivity index (χ4n) is 2.13. The Morgan fingerprint density at radius 3 is 2.50 bits per heavy atom. The number of aryl methyl sites for hydroxylation is 1. The number of esters is 1. The number of nitrogens with zero attached hydrogens (tertiary/aromatic N) is 1. The lowest BCUT2D eigenvalue weighted by Crippen LogP contribution is -2.20. The molecule has 2 rings (SSSR count). The summed E-state index contributed by atoms with van der Waals surface area (Å²) in [5.41, 5.74) is 2.30. The second-order valence-corrected chi connectivity index (χ2v) is 6.15. The summed E-state index contributed by atoms with van der Waals surface area (Å²) in [6.45, 7) is 3.00. The normalized spacial score (nSPS) is 10.5. The molecule has 0 aliphatic rings. The molecule has 5 nitrogen and oxygen atoms in total. The molecule has 2 aromatic rings. The van der Waals surface area contributed by atoms with E-state index in [4.69, 9.17) is 9.47 Å². The Bertz CT molecular complexity index is 785. The number of hydrogen-bond acceptors (Lipinski definition) is 4. The van der Waals surface area contributed by atoms with Gasteiger partial charge in [-0.15, -0.1) is 0 Å². The fraction of sp³-hybridized carbons (Fsp3) is 0.294. The summed E-state index contributed by atoms with van der Waals surface area (Å²) in [5, 5.41) is 0. The van der Waals surface area contributed by atoms with Crippen molar-refractivity contribution in [1.82, 2.24) is 4.57 Å². The zero-order valence-corrected chi connectivity index (χ0v) is 15.1. The Kier molecular flexibility index (Phi) is 5.77. The number of halogens is 2. The van der Waals surface area contributed by atoms with Crippen molar-refractivity contribution in [2.24, 2.45) is 7.05 Å². The van der Waals surface area contributed by atoms with E-state index in [1.165, 1.54) is 18.2 Å². The van der Waals surface area contributed by atoms with Crippen molar-refractivity contribution in [1.29, 1.82) is 0 Å². The summed E-state index contributed by atoms with van der Waals surface area (Å²) in [7, 11) is 1.86. The van der Waals surface area contributed by atoms with Gasteiger partial charge < -0.3 is 14.0 Å². The second kappa shape index (κ2) is 7.61. The number of Topliss-reactive ketones (excluding diaryl/α,β-unsaturated/α-hetero) is 1. The molecule has 0 bridgehead atoms. The van der Waals surface area contributed by atoms with Gasteiger partial charge in [0, 0.05) is 24.0 Å². The van der Waals surface area contributed by atoms with Crippen molar-refractivity contribution >= 4 is 27.7 Å². The summed E-state index contributed by atoms with van der Waals surface area (Å²) in [5.74, 6) is -1.05. The van der Waals surface area contributed by atoms with Crippen molar-refractivity contribution < 1.29 is 23.5 Å². The smallest absolute Gasteiger partial charge is 0.344 e. The second-order valence-electron chi connectivity index (χ2n) is 5.29. The summed E-state index contributed by atoms with van der Waals surface area (Å²) in [6, 6.07) is 5.60. The summed E-state index contributed by atoms with van der Waals surface area (Å²) in [4.78, 5) is 23.8. The molecule has 0 amide bonds. The molecule has 0 saturated heterocycles. The van der Waals surface area contributed by atoms with Gasteiger partial charge in [-0.25, -0.2) is 9.18 Å². The van der Waals surface area contributed by atoms with E-state index < -0.39 is 11.8 Å². The first-order chi connectivity index (χ1) is 11.3. The van der Waals surface area contributed by atoms with Gasteiger partial charge >= 0.3 is 5.97 Å². The van der Waals surface area contributed by atoms with Gasteiger partial charge in [0.2, 0.25) is 5.78 Å². The van der Waals surface area contributed by atoms with Crippen LogP contribution in [-0.2, 0) is 16.6 Å². The van der Waals surface area contributed by atoms with Crippen molar-refractivity contribution in [3.8, 4) is 5.75 Å². The first-order valence-electron chi connectivity index (χ1n) is 7.19. The number of benzene rings is 1. The standard InChI is InChI=1S/C17H17BrFNO4/c1-10-6-13(11(2)20(10)3)15(21)8-24-17(22)9-23-16-5-4-12(19)7-14(16)18/h4-7H,8-9H2,1-3H3. The molecule has 1 aromatic heterocycles. The summed E-state index contributed by atoms with van der Waals surface area (Å²) >= 11 is 3.13. The van der Waals surface area contributed by atoms with Crippen LogP contribution in [0.15, 0.2) is 28.7 Å². The highest BCUT2D eigenvalue weighted by atomic mass is 79.9. The first kappa shape index (κ1) is 18.2. The third-order valence-electron chi connectivity index (χ3n) is 3.68. The van der Waals surface area contributed by atoms with Gasteiger partial charge in [-0.05, 0) is 54.0 Å². The minimum atomic E-state index is -0.676. The molecule has 0 aliphatic heterocycles. The van der Waals surface area contributed by atoms with Gasteiger partial charge in [0.1, 0.15) is 11.6 Å². The first-order valence-corrected chi connectivity index (χ1v) is 7.98. The van der Waals surface area contributed by atoms with Gasteiger partial charge in [-0.3, -0.25) is 4.79 Å². The molecule has 0 atom stereocenters. The zero-order chi connectivity index (χ0) is 17.9. The van der Waals surface area contributed by atoms with Gasteiger partial charge in [0.25, 0.3) is 0 Å². The predicted molar refractivity (Wildman–Crippen MR) is 89.8 cm³/mol. The van der Waals surface area contributed by atoms with Gasteiger partial charge in [-0.2, -0.15) is 0 Å². The Morgan fingerprint density at radius 2 is 1.92 bits per heavy atom. The van der Waals surface area contributed by atoms with E-state index >= 15 is 0 Å². The third-order valence-corrected chi connectivity index (χ3v) is 4.30. The lowest BCUT2D eigenvalue weighted by molar-refractivity contribution is -0.144. The van der Waals surface area contributed by atoms with Crippen LogP contribution in [0.5, 0.6) is 5.75 Å². The van der Waals surface area contributed by atoms with E-state index in [1.807, 2.05) is 25.5 Å². The van der Waals surface area contributed by atoms with Crippen LogP contribution in [0.25, 0.3) is 0 Å². The minimum absolute atomic E-state index is 0.271. The van der Waals surface area contributed by atoms with E-state index in [1.54, 1.807) is 6.07 Å². The highest BCUT2D eigenvalue weighted by Gasteiger charge is 2.16. The topological polar surface area (TPSA) is 57.5 Å². The number of hydrogen-bond donors (Lipinski definition) is 0. The zero-order valence-electron chi connectivity index (χ0n) is 13.6. The number of carbonyl (C=O) groups excluding carboxylic acids is 2. The van der Waals surface area contributed by atoms with Crippen molar-refractivity contribution in [3.63, 3.8) is 0 Å². The quantitative estimate of drug-likeness (QED) is 0.553. The maximum atomic E-state index is 13.0. The van der Waals surface area contributed by atoms with Crippen molar-refractivity contribution in [2.75, 3.05) is 13.2 Å². The number of carbonyl (C=O) groups is 2. The highest BCUT2D eigenvalue weighted by molar-refractivity contribution is 9.10. The lowest BCUT2D eigenvalue weighted by atomic mass is 10.1. The third kappa shape index (κ3) is 4.23. The Balaban J connectivity index is 1.86. The molecule has 0 spiro atoms. The van der Waals surface area contributed by atoms with Gasteiger partial charge in [0.15, 0.2) is 13.2 Å². The van der Waals surface area contributed by atoms with Crippen LogP contribution in [-0.4, -0.2) is 29.5 Å². The predicted octanol–water partition coefficient (Wildman–Crippen LogP) is 3.35. The number of aromatic nitrogens is 1. The van der Waals surface area contributed by atoms with Gasteiger partial charge in [0.05, 0.1) is 4.47 Å². The molecule has 0 fully saturated rings. The number of ether oxygens (including phenoxy) is 2. The molecular weight excluding hydrogens is 381 g/mol. The van der Waals surface area contributed by atoms with Crippen LogP contribution in [0.4, 0.5) is 4.39 Å². The molecule has 1 heterocycles. The summed E-state index contributed by atoms with van der Waals surface area (Å²) in [6.07, 6.45) is 0. The highest BCUT2D eigenvalue weighted by Crippen LogP contribution is 2.25. The maximum Gasteiger partial charge on any atom is 0.344 e. The fourth-order valence-corrected chi connectivity index (χ4v) is 2.60. The van der Waals surface area contributed by atoms with Crippen LogP contribution in [0.3, 0.4) is 0 Å². The van der Waals surface area contributed by atoms with E-state index in [9.17, 15) is 14.0 Å². The molecule has 0 N–H and O–H groups in total. The van der Waals surface area contributed by atoms with E-state index in [-0.39, 0.29) is 19.0 Å². The molecule has 0 radical (unpaired) electrons. The molecule has 128 valence electrons. The number of rotatable bonds is 6. The molecule has 7 heteroatoms. The maximum absolute atomic E-state index is 13.0. The largest absolute Gasteiger partial charge is 0.481 e. The summed E-state index contributed by atoms with van der Waals surface area (Å²) < 4.78 is 25.4. The van der Waals surface area contributed by atoms with Crippen molar-refractivity contribution in [3.05, 3.63) is 51.5 Å². The van der Waals surface area contributed by atoms with E-state index in [0.717, 1.165) is 11.4 Å². The van der Waals surface area contributed by atoms with Crippen LogP contribution in [0.1, 0.15) is 21.7 Å². The molecular formula is C17H17BrFNO4. The average molecular weight is 398 g/mol. The molecule has 1 aromatic carbocycles. The average Bonchev–Trinajstić information content (AvgIpc) is 2.79. The minimum Gasteiger partial charge on any atom is -0.481 e. The number of ketones is 1. The Labute approximate surface area is 147 Å². The molecule has 0 saturated carbocycles. The molecule has 0 aliphatic carbocycles. The molecule has 0 unspecified atom stereocenters. The molecule has 24 heavy (non-hydrogen) atoms. The Morgan fingerprint density at radius 1 is 1.21 bits per heavy atom. The van der Waals surface area contributed by atoms with Crippen LogP contribution >= 0.6 is 15.9 Å². The van der Waals surface area contributed by atoms with E-state index in [0.29, 0.717) is 15.8 Å². The van der Waals surface area contributed by atoms with Gasteiger partial charge in [-0.1, -0.05) is 0 Å². The van der Waals surface area contributed by atoms with Crippen molar-refractivity contribution in [2.45, 2.75) is 13.8 Å². The van der Waals surface area contributed by atoms with Crippen LogP contribution in [0, 0.1) is 19.7 Å².